The number of hydrogen-bond acceptors (Lipinski definition) is 5. The van der Waals surface area contributed by atoms with Gasteiger partial charge >= 0.3 is 5.69 Å². The molecular weight excluding hydrogens is 284 g/mol. The highest BCUT2D eigenvalue weighted by molar-refractivity contribution is 5.58. The summed E-state index contributed by atoms with van der Waals surface area (Å²) < 4.78 is 5.32. The maximum Gasteiger partial charge on any atom is 0.325 e. The topological polar surface area (TPSA) is 101 Å². The summed E-state index contributed by atoms with van der Waals surface area (Å²) >= 11 is 0. The van der Waals surface area contributed by atoms with Crippen LogP contribution in [-0.4, -0.2) is 27.3 Å². The van der Waals surface area contributed by atoms with Crippen molar-refractivity contribution in [2.75, 3.05) is 7.11 Å². The van der Waals surface area contributed by atoms with E-state index in [2.05, 4.69) is 20.2 Å². The minimum absolute atomic E-state index is 0.305. The molecule has 7 heteroatoms. The summed E-state index contributed by atoms with van der Waals surface area (Å²) in [6.45, 7) is 0. The normalized spacial score (nSPS) is 23.3. The zero-order valence-electron chi connectivity index (χ0n) is 12.1. The van der Waals surface area contributed by atoms with E-state index >= 15 is 0 Å². The summed E-state index contributed by atoms with van der Waals surface area (Å²) in [5, 5.41) is 8.15. The van der Waals surface area contributed by atoms with Gasteiger partial charge in [0.1, 0.15) is 5.69 Å². The van der Waals surface area contributed by atoms with Gasteiger partial charge in [0.15, 0.2) is 0 Å². The molecule has 2 N–H and O–H groups in total. The summed E-state index contributed by atoms with van der Waals surface area (Å²) in [5.41, 5.74) is 0.763. The fourth-order valence-electron chi connectivity index (χ4n) is 3.17. The Labute approximate surface area is 125 Å². The highest BCUT2D eigenvalue weighted by Gasteiger charge is 2.49. The van der Waals surface area contributed by atoms with Crippen LogP contribution in [0.25, 0.3) is 11.3 Å². The lowest BCUT2D eigenvalue weighted by Gasteiger charge is -2.08. The van der Waals surface area contributed by atoms with Crippen molar-refractivity contribution in [3.05, 3.63) is 38.7 Å². The molecule has 114 valence electrons. The lowest BCUT2D eigenvalue weighted by atomic mass is 10.1. The minimum Gasteiger partial charge on any atom is -0.480 e. The Morgan fingerprint density at radius 1 is 1.27 bits per heavy atom. The first kappa shape index (κ1) is 13.2. The number of rotatable bonds is 4. The summed E-state index contributed by atoms with van der Waals surface area (Å²) in [6.07, 6.45) is 5.14. The summed E-state index contributed by atoms with van der Waals surface area (Å²) in [5.74, 6) is 2.51. The van der Waals surface area contributed by atoms with E-state index < -0.39 is 11.2 Å². The lowest BCUT2D eigenvalue weighted by molar-refractivity contribution is 0.386. The Morgan fingerprint density at radius 3 is 2.77 bits per heavy atom. The van der Waals surface area contributed by atoms with E-state index in [1.54, 1.807) is 7.11 Å². The van der Waals surface area contributed by atoms with E-state index in [9.17, 15) is 9.59 Å². The number of nitrogens with zero attached hydrogens (tertiary/aromatic N) is 2. The fraction of sp³-hybridized carbons (Fsp3) is 0.467. The van der Waals surface area contributed by atoms with Gasteiger partial charge in [-0.25, -0.2) is 4.79 Å². The predicted octanol–water partition coefficient (Wildman–Crippen LogP) is 1.04. The smallest absolute Gasteiger partial charge is 0.325 e. The van der Waals surface area contributed by atoms with Crippen LogP contribution < -0.4 is 16.0 Å². The monoisotopic (exact) mass is 300 g/mol. The quantitative estimate of drug-likeness (QED) is 0.878. The zero-order valence-corrected chi connectivity index (χ0v) is 12.1. The molecule has 22 heavy (non-hydrogen) atoms. The second-order valence-corrected chi connectivity index (χ2v) is 6.02. The predicted molar refractivity (Wildman–Crippen MR) is 78.8 cm³/mol. The molecule has 0 radical (unpaired) electrons. The second-order valence-electron chi connectivity index (χ2n) is 6.02. The molecule has 2 atom stereocenters. The summed E-state index contributed by atoms with van der Waals surface area (Å²) in [6, 6.07) is 1.86. The third kappa shape index (κ3) is 2.22. The van der Waals surface area contributed by atoms with E-state index in [0.29, 0.717) is 29.0 Å². The number of aromatic amines is 2. The Bertz CT molecular complexity index is 837. The third-order valence-electron chi connectivity index (χ3n) is 4.54. The average Bonchev–Trinajstić information content (AvgIpc) is 3.38. The first-order chi connectivity index (χ1) is 10.7. The standard InChI is InChI=1S/C15H16N4O3/c1-22-14-10(9-4-8(9)7-2-3-7)5-12(18-19-14)11-6-16-15(21)17-13(11)20/h5-9H,2-4H2,1H3,(H2,16,17,20,21)/t8-,9+/m0/s1. The van der Waals surface area contributed by atoms with Crippen LogP contribution in [0.1, 0.15) is 30.7 Å². The molecule has 2 fully saturated rings. The van der Waals surface area contributed by atoms with Gasteiger partial charge in [-0.3, -0.25) is 9.78 Å². The van der Waals surface area contributed by atoms with E-state index in [4.69, 9.17) is 4.74 Å². The van der Waals surface area contributed by atoms with Gasteiger partial charge in [0.25, 0.3) is 5.56 Å². The van der Waals surface area contributed by atoms with Crippen molar-refractivity contribution >= 4 is 0 Å². The van der Waals surface area contributed by atoms with Crippen LogP contribution in [0.15, 0.2) is 21.9 Å². The van der Waals surface area contributed by atoms with Crippen molar-refractivity contribution in [1.29, 1.82) is 0 Å². The van der Waals surface area contributed by atoms with Crippen molar-refractivity contribution in [3.63, 3.8) is 0 Å². The number of hydrogen-bond donors (Lipinski definition) is 2. The second kappa shape index (κ2) is 4.79. The molecule has 0 spiro atoms. The van der Waals surface area contributed by atoms with Gasteiger partial charge in [0, 0.05) is 11.8 Å². The maximum absolute atomic E-state index is 11.9. The highest BCUT2D eigenvalue weighted by atomic mass is 16.5. The van der Waals surface area contributed by atoms with Crippen LogP contribution in [0, 0.1) is 11.8 Å². The van der Waals surface area contributed by atoms with Gasteiger partial charge in [0.05, 0.1) is 12.7 Å². The Kier molecular flexibility index (Phi) is 2.88. The Morgan fingerprint density at radius 2 is 2.09 bits per heavy atom. The molecule has 0 amide bonds. The molecule has 2 aliphatic rings. The zero-order chi connectivity index (χ0) is 15.3. The van der Waals surface area contributed by atoms with Crippen LogP contribution >= 0.6 is 0 Å². The van der Waals surface area contributed by atoms with E-state index in [-0.39, 0.29) is 0 Å². The number of methoxy groups -OCH3 is 1. The molecule has 2 heterocycles. The van der Waals surface area contributed by atoms with Crippen molar-refractivity contribution in [3.8, 4) is 17.1 Å². The molecule has 2 aromatic heterocycles. The molecule has 0 bridgehead atoms. The van der Waals surface area contributed by atoms with E-state index in [0.717, 1.165) is 17.9 Å². The SMILES string of the molecule is COc1nnc(-c2c[nH]c(=O)[nH]c2=O)cc1[C@@H]1C[C@H]1C1CC1. The molecule has 0 unspecified atom stereocenters. The molecule has 0 aromatic carbocycles. The van der Waals surface area contributed by atoms with Gasteiger partial charge < -0.3 is 9.72 Å². The van der Waals surface area contributed by atoms with Crippen molar-refractivity contribution in [2.24, 2.45) is 11.8 Å². The molecule has 2 saturated carbocycles. The third-order valence-corrected chi connectivity index (χ3v) is 4.54. The molecule has 7 nitrogen and oxygen atoms in total. The average molecular weight is 300 g/mol. The lowest BCUT2D eigenvalue weighted by Crippen LogP contribution is -2.23. The van der Waals surface area contributed by atoms with Gasteiger partial charge in [-0.05, 0) is 43.1 Å². The maximum atomic E-state index is 11.9. The van der Waals surface area contributed by atoms with Gasteiger partial charge in [-0.15, -0.1) is 10.2 Å². The Balaban J connectivity index is 1.75. The van der Waals surface area contributed by atoms with Gasteiger partial charge in [-0.1, -0.05) is 0 Å². The molecule has 2 aromatic rings. The van der Waals surface area contributed by atoms with Crippen LogP contribution in [0.3, 0.4) is 0 Å². The number of ether oxygens (including phenoxy) is 1. The Hall–Kier alpha value is -2.44. The number of aromatic nitrogens is 4. The summed E-state index contributed by atoms with van der Waals surface area (Å²) in [4.78, 5) is 27.7. The number of nitrogens with one attached hydrogen (secondary N) is 2. The van der Waals surface area contributed by atoms with Gasteiger partial charge in [-0.2, -0.15) is 0 Å². The molecular formula is C15H16N4O3. The van der Waals surface area contributed by atoms with Crippen molar-refractivity contribution < 1.29 is 4.74 Å². The van der Waals surface area contributed by atoms with Crippen LogP contribution in [0.5, 0.6) is 5.88 Å². The van der Waals surface area contributed by atoms with Crippen molar-refractivity contribution in [1.82, 2.24) is 20.2 Å². The minimum atomic E-state index is -0.536. The largest absolute Gasteiger partial charge is 0.480 e. The van der Waals surface area contributed by atoms with Crippen LogP contribution in [-0.2, 0) is 0 Å². The molecule has 4 rings (SSSR count). The van der Waals surface area contributed by atoms with E-state index in [1.165, 1.54) is 19.0 Å². The molecule has 0 saturated heterocycles. The van der Waals surface area contributed by atoms with Gasteiger partial charge in [0.2, 0.25) is 5.88 Å². The van der Waals surface area contributed by atoms with Crippen LogP contribution in [0.2, 0.25) is 0 Å². The summed E-state index contributed by atoms with van der Waals surface area (Å²) in [7, 11) is 1.58. The number of H-pyrrole nitrogens is 2. The molecule has 2 aliphatic carbocycles. The van der Waals surface area contributed by atoms with Crippen molar-refractivity contribution in [2.45, 2.75) is 25.2 Å². The first-order valence-electron chi connectivity index (χ1n) is 7.41. The molecule has 0 aliphatic heterocycles. The van der Waals surface area contributed by atoms with Crippen LogP contribution in [0.4, 0.5) is 0 Å². The first-order valence-corrected chi connectivity index (χ1v) is 7.41. The fourth-order valence-corrected chi connectivity index (χ4v) is 3.17. The van der Waals surface area contributed by atoms with E-state index in [1.807, 2.05) is 6.07 Å². The highest BCUT2D eigenvalue weighted by Crippen LogP contribution is 2.60.